The number of benzene rings is 1. The first kappa shape index (κ1) is 16.3. The highest BCUT2D eigenvalue weighted by atomic mass is 16.6. The second-order valence-electron chi connectivity index (χ2n) is 3.95. The van der Waals surface area contributed by atoms with E-state index in [1.807, 2.05) is 20.8 Å². The number of carbonyl (C=O) groups is 1. The Labute approximate surface area is 123 Å². The maximum atomic E-state index is 11.9. The summed E-state index contributed by atoms with van der Waals surface area (Å²) in [6.07, 6.45) is 1.55. The number of amides is 1. The molecule has 2 aromatic rings. The van der Waals surface area contributed by atoms with Crippen molar-refractivity contribution in [2.24, 2.45) is 0 Å². The van der Waals surface area contributed by atoms with E-state index >= 15 is 0 Å². The van der Waals surface area contributed by atoms with E-state index in [0.717, 1.165) is 5.69 Å². The molecule has 0 saturated carbocycles. The number of aryl methyl sites for hydroxylation is 1. The van der Waals surface area contributed by atoms with Crippen LogP contribution in [0.3, 0.4) is 0 Å². The zero-order valence-corrected chi connectivity index (χ0v) is 12.2. The molecule has 0 saturated heterocycles. The van der Waals surface area contributed by atoms with Crippen LogP contribution in [0.25, 0.3) is 0 Å². The predicted molar refractivity (Wildman–Crippen MR) is 81.4 cm³/mol. The first-order valence-electron chi connectivity index (χ1n) is 6.55. The standard InChI is InChI=1S/C13H11N3O3.C2H6/c1-9-2-5-11(8-14-9)15-13(17)10-3-6-12(7-4-10)16(18)19;1-2/h2-8H,1H3,(H,15,17);1-2H3. The molecule has 21 heavy (non-hydrogen) atoms. The fraction of sp³-hybridized carbons (Fsp3) is 0.200. The number of hydrogen-bond donors (Lipinski definition) is 1. The first-order chi connectivity index (χ1) is 10.1. The second kappa shape index (κ2) is 7.74. The number of nitrogens with zero attached hydrogens (tertiary/aromatic N) is 2. The number of nitrogens with one attached hydrogen (secondary N) is 1. The van der Waals surface area contributed by atoms with E-state index in [2.05, 4.69) is 10.3 Å². The minimum Gasteiger partial charge on any atom is -0.321 e. The average molecular weight is 287 g/mol. The third kappa shape index (κ3) is 4.68. The summed E-state index contributed by atoms with van der Waals surface area (Å²) in [5.74, 6) is -0.333. The van der Waals surface area contributed by atoms with Gasteiger partial charge in [0.05, 0.1) is 16.8 Å². The number of rotatable bonds is 3. The smallest absolute Gasteiger partial charge is 0.269 e. The number of aromatic nitrogens is 1. The normalized spacial score (nSPS) is 9.29. The van der Waals surface area contributed by atoms with Gasteiger partial charge < -0.3 is 5.32 Å². The van der Waals surface area contributed by atoms with Crippen molar-refractivity contribution in [3.8, 4) is 0 Å². The highest BCUT2D eigenvalue weighted by Gasteiger charge is 2.09. The molecule has 0 aliphatic heterocycles. The molecule has 1 amide bonds. The third-order valence-corrected chi connectivity index (χ3v) is 2.51. The van der Waals surface area contributed by atoms with Crippen LogP contribution < -0.4 is 5.32 Å². The Morgan fingerprint density at radius 1 is 1.14 bits per heavy atom. The van der Waals surface area contributed by atoms with Gasteiger partial charge in [-0.2, -0.15) is 0 Å². The van der Waals surface area contributed by atoms with Crippen LogP contribution in [0.2, 0.25) is 0 Å². The van der Waals surface area contributed by atoms with E-state index in [1.165, 1.54) is 24.3 Å². The van der Waals surface area contributed by atoms with Crippen molar-refractivity contribution in [1.82, 2.24) is 4.98 Å². The molecule has 6 heteroatoms. The Kier molecular flexibility index (Phi) is 6.00. The van der Waals surface area contributed by atoms with Gasteiger partial charge in [-0.3, -0.25) is 19.9 Å². The summed E-state index contributed by atoms with van der Waals surface area (Å²) in [5, 5.41) is 13.2. The maximum absolute atomic E-state index is 11.9. The second-order valence-corrected chi connectivity index (χ2v) is 3.95. The van der Waals surface area contributed by atoms with Gasteiger partial charge in [0.25, 0.3) is 11.6 Å². The Morgan fingerprint density at radius 3 is 2.24 bits per heavy atom. The zero-order valence-electron chi connectivity index (χ0n) is 12.2. The summed E-state index contributed by atoms with van der Waals surface area (Å²) in [6.45, 7) is 5.85. The van der Waals surface area contributed by atoms with E-state index in [4.69, 9.17) is 0 Å². The molecule has 1 aromatic heterocycles. The lowest BCUT2D eigenvalue weighted by Gasteiger charge is -2.04. The molecule has 0 unspecified atom stereocenters. The number of non-ortho nitro benzene ring substituents is 1. The van der Waals surface area contributed by atoms with Gasteiger partial charge >= 0.3 is 0 Å². The monoisotopic (exact) mass is 287 g/mol. The van der Waals surface area contributed by atoms with Crippen LogP contribution >= 0.6 is 0 Å². The molecule has 0 bridgehead atoms. The van der Waals surface area contributed by atoms with Crippen LogP contribution in [-0.2, 0) is 0 Å². The molecule has 0 aliphatic carbocycles. The van der Waals surface area contributed by atoms with Gasteiger partial charge in [0.2, 0.25) is 0 Å². The van der Waals surface area contributed by atoms with Gasteiger partial charge in [-0.05, 0) is 31.2 Å². The van der Waals surface area contributed by atoms with Crippen LogP contribution in [-0.4, -0.2) is 15.8 Å². The largest absolute Gasteiger partial charge is 0.321 e. The molecule has 0 radical (unpaired) electrons. The molecule has 0 spiro atoms. The average Bonchev–Trinajstić information content (AvgIpc) is 2.51. The molecular weight excluding hydrogens is 270 g/mol. The molecule has 1 heterocycles. The lowest BCUT2D eigenvalue weighted by molar-refractivity contribution is -0.384. The Bertz CT molecular complexity index is 607. The van der Waals surface area contributed by atoms with Crippen molar-refractivity contribution >= 4 is 17.3 Å². The van der Waals surface area contributed by atoms with Crippen molar-refractivity contribution in [3.05, 3.63) is 64.0 Å². The molecule has 110 valence electrons. The van der Waals surface area contributed by atoms with Gasteiger partial charge in [0.15, 0.2) is 0 Å². The first-order valence-corrected chi connectivity index (χ1v) is 6.55. The minimum absolute atomic E-state index is 0.0476. The number of carbonyl (C=O) groups excluding carboxylic acids is 1. The van der Waals surface area contributed by atoms with Crippen LogP contribution in [0.1, 0.15) is 29.9 Å². The third-order valence-electron chi connectivity index (χ3n) is 2.51. The van der Waals surface area contributed by atoms with E-state index in [-0.39, 0.29) is 11.6 Å². The van der Waals surface area contributed by atoms with Crippen molar-refractivity contribution in [1.29, 1.82) is 0 Å². The Morgan fingerprint density at radius 2 is 1.76 bits per heavy atom. The summed E-state index contributed by atoms with van der Waals surface area (Å²) in [4.78, 5) is 25.9. The van der Waals surface area contributed by atoms with Crippen molar-refractivity contribution in [2.75, 3.05) is 5.32 Å². The predicted octanol–water partition coefficient (Wildman–Crippen LogP) is 3.58. The number of nitro groups is 1. The number of anilines is 1. The quantitative estimate of drug-likeness (QED) is 0.690. The minimum atomic E-state index is -0.508. The molecule has 2 rings (SSSR count). The highest BCUT2D eigenvalue weighted by molar-refractivity contribution is 6.04. The molecule has 0 aliphatic rings. The van der Waals surface area contributed by atoms with Crippen LogP contribution in [0.4, 0.5) is 11.4 Å². The van der Waals surface area contributed by atoms with E-state index in [1.54, 1.807) is 18.3 Å². The SMILES string of the molecule is CC.Cc1ccc(NC(=O)c2ccc([N+](=O)[O-])cc2)cn1. The van der Waals surface area contributed by atoms with Gasteiger partial charge in [-0.15, -0.1) is 0 Å². The van der Waals surface area contributed by atoms with E-state index in [9.17, 15) is 14.9 Å². The van der Waals surface area contributed by atoms with E-state index in [0.29, 0.717) is 11.3 Å². The maximum Gasteiger partial charge on any atom is 0.269 e. The van der Waals surface area contributed by atoms with Crippen molar-refractivity contribution < 1.29 is 9.72 Å². The van der Waals surface area contributed by atoms with Crippen LogP contribution in [0.15, 0.2) is 42.6 Å². The number of pyridine rings is 1. The summed E-state index contributed by atoms with van der Waals surface area (Å²) < 4.78 is 0. The summed E-state index contributed by atoms with van der Waals surface area (Å²) in [7, 11) is 0. The van der Waals surface area contributed by atoms with Gasteiger partial charge in [-0.25, -0.2) is 0 Å². The molecule has 0 atom stereocenters. The number of nitro benzene ring substituents is 1. The summed E-state index contributed by atoms with van der Waals surface area (Å²) >= 11 is 0. The van der Waals surface area contributed by atoms with Gasteiger partial charge in [0.1, 0.15) is 0 Å². The fourth-order valence-electron chi connectivity index (χ4n) is 1.48. The van der Waals surface area contributed by atoms with Crippen LogP contribution in [0.5, 0.6) is 0 Å². The zero-order chi connectivity index (χ0) is 15.8. The van der Waals surface area contributed by atoms with Crippen molar-refractivity contribution in [3.63, 3.8) is 0 Å². The number of hydrogen-bond acceptors (Lipinski definition) is 4. The Balaban J connectivity index is 0.00000106. The van der Waals surface area contributed by atoms with Crippen LogP contribution in [0, 0.1) is 17.0 Å². The molecular formula is C15H17N3O3. The molecule has 6 nitrogen and oxygen atoms in total. The summed E-state index contributed by atoms with van der Waals surface area (Å²) in [6, 6.07) is 8.94. The fourth-order valence-corrected chi connectivity index (χ4v) is 1.48. The molecule has 1 aromatic carbocycles. The van der Waals surface area contributed by atoms with Gasteiger partial charge in [0, 0.05) is 23.4 Å². The summed E-state index contributed by atoms with van der Waals surface area (Å²) in [5.41, 5.74) is 1.74. The Hall–Kier alpha value is -2.76. The van der Waals surface area contributed by atoms with E-state index < -0.39 is 4.92 Å². The lowest BCUT2D eigenvalue weighted by atomic mass is 10.2. The van der Waals surface area contributed by atoms with Gasteiger partial charge in [-0.1, -0.05) is 13.8 Å². The molecule has 1 N–H and O–H groups in total. The topological polar surface area (TPSA) is 85.1 Å². The highest BCUT2D eigenvalue weighted by Crippen LogP contribution is 2.13. The molecule has 0 fully saturated rings. The van der Waals surface area contributed by atoms with Crippen molar-refractivity contribution in [2.45, 2.75) is 20.8 Å². The lowest BCUT2D eigenvalue weighted by Crippen LogP contribution is -2.12.